The maximum atomic E-state index is 10.6. The van der Waals surface area contributed by atoms with Gasteiger partial charge in [-0.25, -0.2) is 10.2 Å². The highest BCUT2D eigenvalue weighted by Crippen LogP contribution is 2.21. The lowest BCUT2D eigenvalue weighted by Crippen LogP contribution is -2.29. The van der Waals surface area contributed by atoms with Gasteiger partial charge in [-0.05, 0) is 12.2 Å². The largest absolute Gasteiger partial charge is 0.340 e. The van der Waals surface area contributed by atoms with Crippen molar-refractivity contribution < 1.29 is 4.79 Å². The molecule has 1 heterocycles. The van der Waals surface area contributed by atoms with Crippen molar-refractivity contribution in [2.24, 2.45) is 11.0 Å². The number of nitrogens with zero attached hydrogens (tertiary/aromatic N) is 1. The Bertz CT molecular complexity index is 177. The van der Waals surface area contributed by atoms with E-state index in [1.165, 1.54) is 12.2 Å². The molecular weight excluding hydrogens is 174 g/mol. The SMILES string of the molecule is CNC(=O)N/N=C/C1CCSC1. The van der Waals surface area contributed by atoms with Gasteiger partial charge in [0.15, 0.2) is 0 Å². The number of amides is 2. The van der Waals surface area contributed by atoms with Crippen LogP contribution in [0.2, 0.25) is 0 Å². The molecule has 0 aromatic carbocycles. The van der Waals surface area contributed by atoms with Crippen LogP contribution < -0.4 is 10.7 Å². The average Bonchev–Trinajstić information content (AvgIpc) is 2.57. The lowest BCUT2D eigenvalue weighted by Gasteiger charge is -1.99. The fourth-order valence-electron chi connectivity index (χ4n) is 0.928. The fourth-order valence-corrected chi connectivity index (χ4v) is 2.12. The lowest BCUT2D eigenvalue weighted by molar-refractivity contribution is 0.243. The summed E-state index contributed by atoms with van der Waals surface area (Å²) in [5, 5.41) is 6.25. The minimum atomic E-state index is -0.267. The molecule has 2 N–H and O–H groups in total. The first-order valence-corrected chi connectivity index (χ1v) is 5.07. The maximum Gasteiger partial charge on any atom is 0.334 e. The monoisotopic (exact) mass is 187 g/mol. The first-order valence-electron chi connectivity index (χ1n) is 3.91. The highest BCUT2D eigenvalue weighted by molar-refractivity contribution is 7.99. The van der Waals surface area contributed by atoms with Crippen LogP contribution in [-0.4, -0.2) is 30.8 Å². The van der Waals surface area contributed by atoms with Gasteiger partial charge < -0.3 is 5.32 Å². The van der Waals surface area contributed by atoms with E-state index in [0.717, 1.165) is 5.75 Å². The van der Waals surface area contributed by atoms with E-state index >= 15 is 0 Å². The Kier molecular flexibility index (Phi) is 3.93. The summed E-state index contributed by atoms with van der Waals surface area (Å²) in [6, 6.07) is -0.267. The van der Waals surface area contributed by atoms with Gasteiger partial charge in [-0.1, -0.05) is 0 Å². The summed E-state index contributed by atoms with van der Waals surface area (Å²) in [6.45, 7) is 0. The van der Waals surface area contributed by atoms with Crippen LogP contribution in [0.5, 0.6) is 0 Å². The van der Waals surface area contributed by atoms with Crippen LogP contribution in [0.25, 0.3) is 0 Å². The first kappa shape index (κ1) is 9.38. The van der Waals surface area contributed by atoms with Crippen LogP contribution in [0.4, 0.5) is 4.79 Å². The van der Waals surface area contributed by atoms with E-state index in [9.17, 15) is 4.79 Å². The standard InChI is InChI=1S/C7H13N3OS/c1-8-7(11)10-9-4-6-2-3-12-5-6/h4,6H,2-3,5H2,1H3,(H2,8,10,11)/b9-4+. The Balaban J connectivity index is 2.16. The van der Waals surface area contributed by atoms with E-state index in [1.807, 2.05) is 18.0 Å². The van der Waals surface area contributed by atoms with E-state index in [1.54, 1.807) is 7.05 Å². The molecule has 0 aliphatic carbocycles. The van der Waals surface area contributed by atoms with Crippen molar-refractivity contribution in [3.05, 3.63) is 0 Å². The molecule has 0 bridgehead atoms. The van der Waals surface area contributed by atoms with Gasteiger partial charge in [-0.3, -0.25) is 0 Å². The summed E-state index contributed by atoms with van der Waals surface area (Å²) in [5.41, 5.74) is 2.37. The average molecular weight is 187 g/mol. The molecule has 0 aromatic rings. The predicted octanol–water partition coefficient (Wildman–Crippen LogP) is 0.654. The third-order valence-corrected chi connectivity index (χ3v) is 2.83. The molecule has 0 aromatic heterocycles. The molecule has 1 saturated heterocycles. The molecule has 1 rings (SSSR count). The number of nitrogens with one attached hydrogen (secondary N) is 2. The number of carbonyl (C=O) groups excluding carboxylic acids is 1. The summed E-state index contributed by atoms with van der Waals surface area (Å²) in [7, 11) is 1.57. The Labute approximate surface area is 76.2 Å². The van der Waals surface area contributed by atoms with Crippen molar-refractivity contribution in [2.45, 2.75) is 6.42 Å². The van der Waals surface area contributed by atoms with Crippen molar-refractivity contribution in [2.75, 3.05) is 18.6 Å². The minimum Gasteiger partial charge on any atom is -0.340 e. The zero-order valence-electron chi connectivity index (χ0n) is 7.04. The second-order valence-corrected chi connectivity index (χ2v) is 3.74. The van der Waals surface area contributed by atoms with Crippen LogP contribution >= 0.6 is 11.8 Å². The van der Waals surface area contributed by atoms with Crippen LogP contribution in [0.1, 0.15) is 6.42 Å². The first-order chi connectivity index (χ1) is 5.83. The van der Waals surface area contributed by atoms with E-state index in [0.29, 0.717) is 5.92 Å². The Morgan fingerprint density at radius 2 is 2.58 bits per heavy atom. The Morgan fingerprint density at radius 1 is 1.75 bits per heavy atom. The van der Waals surface area contributed by atoms with Gasteiger partial charge in [0.25, 0.3) is 0 Å². The number of hydrazone groups is 1. The number of hydrogen-bond donors (Lipinski definition) is 2. The molecule has 0 saturated carbocycles. The van der Waals surface area contributed by atoms with Crippen molar-refractivity contribution in [3.63, 3.8) is 0 Å². The zero-order valence-corrected chi connectivity index (χ0v) is 7.86. The predicted molar refractivity (Wildman–Crippen MR) is 51.5 cm³/mol. The van der Waals surface area contributed by atoms with Gasteiger partial charge in [-0.15, -0.1) is 0 Å². The molecule has 0 spiro atoms. The third kappa shape index (κ3) is 3.13. The lowest BCUT2D eigenvalue weighted by atomic mass is 10.1. The second-order valence-electron chi connectivity index (χ2n) is 2.59. The van der Waals surface area contributed by atoms with Crippen LogP contribution in [0.15, 0.2) is 5.10 Å². The molecule has 1 aliphatic rings. The highest BCUT2D eigenvalue weighted by atomic mass is 32.2. The third-order valence-electron chi connectivity index (χ3n) is 1.64. The number of rotatable bonds is 2. The molecule has 12 heavy (non-hydrogen) atoms. The number of urea groups is 1. The van der Waals surface area contributed by atoms with Gasteiger partial charge >= 0.3 is 6.03 Å². The Morgan fingerprint density at radius 3 is 3.17 bits per heavy atom. The number of hydrogen-bond acceptors (Lipinski definition) is 3. The van der Waals surface area contributed by atoms with E-state index in [4.69, 9.17) is 0 Å². The second kappa shape index (κ2) is 5.03. The quantitative estimate of drug-likeness (QED) is 0.493. The molecule has 2 amide bonds. The van der Waals surface area contributed by atoms with Crippen molar-refractivity contribution in [3.8, 4) is 0 Å². The van der Waals surface area contributed by atoms with E-state index < -0.39 is 0 Å². The van der Waals surface area contributed by atoms with E-state index in [2.05, 4.69) is 15.8 Å². The van der Waals surface area contributed by atoms with E-state index in [-0.39, 0.29) is 6.03 Å². The highest BCUT2D eigenvalue weighted by Gasteiger charge is 2.12. The smallest absolute Gasteiger partial charge is 0.334 e. The van der Waals surface area contributed by atoms with Crippen LogP contribution in [0.3, 0.4) is 0 Å². The van der Waals surface area contributed by atoms with Crippen molar-refractivity contribution in [1.29, 1.82) is 0 Å². The van der Waals surface area contributed by atoms with Crippen LogP contribution in [0, 0.1) is 5.92 Å². The van der Waals surface area contributed by atoms with Crippen molar-refractivity contribution >= 4 is 24.0 Å². The summed E-state index contributed by atoms with van der Waals surface area (Å²) in [4.78, 5) is 10.6. The fraction of sp³-hybridized carbons (Fsp3) is 0.714. The van der Waals surface area contributed by atoms with Gasteiger partial charge in [0.2, 0.25) is 0 Å². The normalized spacial score (nSPS) is 22.9. The van der Waals surface area contributed by atoms with Crippen molar-refractivity contribution in [1.82, 2.24) is 10.7 Å². The number of carbonyl (C=O) groups is 1. The zero-order chi connectivity index (χ0) is 8.81. The number of thioether (sulfide) groups is 1. The molecule has 4 nitrogen and oxygen atoms in total. The summed E-state index contributed by atoms with van der Waals surface area (Å²) in [6.07, 6.45) is 2.98. The molecule has 68 valence electrons. The van der Waals surface area contributed by atoms with Gasteiger partial charge in [0, 0.05) is 24.9 Å². The summed E-state index contributed by atoms with van der Waals surface area (Å²) < 4.78 is 0. The molecular formula is C7H13N3OS. The topological polar surface area (TPSA) is 53.5 Å². The molecule has 1 fully saturated rings. The van der Waals surface area contributed by atoms with Gasteiger partial charge in [0.1, 0.15) is 0 Å². The molecule has 5 heteroatoms. The molecule has 0 radical (unpaired) electrons. The molecule has 1 aliphatic heterocycles. The summed E-state index contributed by atoms with van der Waals surface area (Å²) in [5.74, 6) is 2.86. The maximum absolute atomic E-state index is 10.6. The van der Waals surface area contributed by atoms with Gasteiger partial charge in [0.05, 0.1) is 0 Å². The Hall–Kier alpha value is -0.710. The molecule has 1 unspecified atom stereocenters. The minimum absolute atomic E-state index is 0.267. The van der Waals surface area contributed by atoms with Crippen LogP contribution in [-0.2, 0) is 0 Å². The molecule has 1 atom stereocenters. The van der Waals surface area contributed by atoms with Gasteiger partial charge in [-0.2, -0.15) is 16.9 Å². The summed E-state index contributed by atoms with van der Waals surface area (Å²) >= 11 is 1.93.